The van der Waals surface area contributed by atoms with Crippen molar-refractivity contribution in [1.29, 1.82) is 0 Å². The Morgan fingerprint density at radius 1 is 1.36 bits per heavy atom. The highest BCUT2D eigenvalue weighted by Crippen LogP contribution is 2.38. The summed E-state index contributed by atoms with van der Waals surface area (Å²) < 4.78 is 31.6. The highest BCUT2D eigenvalue weighted by Gasteiger charge is 2.35. The smallest absolute Gasteiger partial charge is 0.263 e. The number of carbonyl (C=O) groups excluding carboxylic acids is 1. The van der Waals surface area contributed by atoms with Crippen LogP contribution in [0.2, 0.25) is 0 Å². The van der Waals surface area contributed by atoms with Crippen LogP contribution in [0.25, 0.3) is 0 Å². The molecule has 1 aromatic carbocycles. The second-order valence-corrected chi connectivity index (χ2v) is 9.88. The van der Waals surface area contributed by atoms with E-state index in [1.54, 1.807) is 6.07 Å². The Bertz CT molecular complexity index is 751. The number of sulfonamides is 1. The van der Waals surface area contributed by atoms with E-state index in [1.807, 2.05) is 26.0 Å². The fourth-order valence-corrected chi connectivity index (χ4v) is 3.49. The summed E-state index contributed by atoms with van der Waals surface area (Å²) in [6.45, 7) is 10.7. The zero-order valence-corrected chi connectivity index (χ0v) is 16.6. The van der Waals surface area contributed by atoms with Crippen LogP contribution in [0.5, 0.6) is 5.75 Å². The first kappa shape index (κ1) is 19.6. The van der Waals surface area contributed by atoms with Crippen molar-refractivity contribution in [2.45, 2.75) is 46.1 Å². The molecule has 0 spiro atoms. The standard InChI is InChI=1S/C18H28N2O4S/c1-12(2)10-19-17(21)16-11-20(25(6,22)23)14-9-13(18(3,4)5)7-8-15(14)24-16/h7-9,12,16H,10-11H2,1-6H3,(H,19,21). The normalized spacial score (nSPS) is 17.9. The maximum Gasteiger partial charge on any atom is 0.263 e. The lowest BCUT2D eigenvalue weighted by Crippen LogP contribution is -2.51. The second-order valence-electron chi connectivity index (χ2n) is 7.97. The van der Waals surface area contributed by atoms with Gasteiger partial charge in [-0.3, -0.25) is 9.10 Å². The fourth-order valence-electron chi connectivity index (χ4n) is 2.59. The molecule has 2 rings (SSSR count). The molecule has 0 fully saturated rings. The summed E-state index contributed by atoms with van der Waals surface area (Å²) in [6, 6.07) is 5.49. The van der Waals surface area contributed by atoms with Crippen molar-refractivity contribution >= 4 is 21.6 Å². The Hall–Kier alpha value is -1.76. The maximum absolute atomic E-state index is 12.4. The average molecular weight is 368 g/mol. The summed E-state index contributed by atoms with van der Waals surface area (Å²) in [6.07, 6.45) is 0.288. The Morgan fingerprint density at radius 2 is 2.00 bits per heavy atom. The van der Waals surface area contributed by atoms with E-state index in [-0.39, 0.29) is 17.9 Å². The fraction of sp³-hybridized carbons (Fsp3) is 0.611. The van der Waals surface area contributed by atoms with Crippen molar-refractivity contribution in [3.8, 4) is 5.75 Å². The molecule has 0 saturated carbocycles. The van der Waals surface area contributed by atoms with Crippen LogP contribution >= 0.6 is 0 Å². The van der Waals surface area contributed by atoms with Crippen LogP contribution in [0.1, 0.15) is 40.2 Å². The van der Waals surface area contributed by atoms with Crippen LogP contribution in [0.4, 0.5) is 5.69 Å². The van der Waals surface area contributed by atoms with Gasteiger partial charge in [-0.15, -0.1) is 0 Å². The van der Waals surface area contributed by atoms with Crippen LogP contribution in [-0.2, 0) is 20.2 Å². The number of carbonyl (C=O) groups is 1. The lowest BCUT2D eigenvalue weighted by Gasteiger charge is -2.35. The van der Waals surface area contributed by atoms with Crippen molar-refractivity contribution in [1.82, 2.24) is 5.32 Å². The minimum absolute atomic E-state index is 0.0244. The number of rotatable bonds is 4. The zero-order chi connectivity index (χ0) is 19.0. The quantitative estimate of drug-likeness (QED) is 0.885. The third-order valence-electron chi connectivity index (χ3n) is 4.07. The van der Waals surface area contributed by atoms with Crippen molar-refractivity contribution in [2.24, 2.45) is 5.92 Å². The van der Waals surface area contributed by atoms with Gasteiger partial charge < -0.3 is 10.1 Å². The van der Waals surface area contributed by atoms with E-state index in [0.29, 0.717) is 23.9 Å². The topological polar surface area (TPSA) is 75.7 Å². The summed E-state index contributed by atoms with van der Waals surface area (Å²) >= 11 is 0. The second kappa shape index (κ2) is 6.86. The van der Waals surface area contributed by atoms with E-state index < -0.39 is 16.1 Å². The summed E-state index contributed by atoms with van der Waals surface area (Å²) in [5, 5.41) is 2.80. The number of fused-ring (bicyclic) bond motifs is 1. The van der Waals surface area contributed by atoms with Crippen molar-refractivity contribution in [3.63, 3.8) is 0 Å². The predicted octanol–water partition coefficient (Wildman–Crippen LogP) is 2.28. The first-order chi connectivity index (χ1) is 11.4. The minimum atomic E-state index is -3.53. The van der Waals surface area contributed by atoms with E-state index in [2.05, 4.69) is 26.1 Å². The number of hydrogen-bond acceptors (Lipinski definition) is 4. The number of amides is 1. The molecule has 1 aliphatic rings. The van der Waals surface area contributed by atoms with E-state index >= 15 is 0 Å². The van der Waals surface area contributed by atoms with E-state index in [9.17, 15) is 13.2 Å². The molecular formula is C18H28N2O4S. The van der Waals surface area contributed by atoms with Crippen molar-refractivity contribution in [2.75, 3.05) is 23.7 Å². The van der Waals surface area contributed by atoms with Gasteiger partial charge in [0.05, 0.1) is 18.5 Å². The molecule has 1 N–H and O–H groups in total. The van der Waals surface area contributed by atoms with Gasteiger partial charge in [-0.05, 0) is 29.0 Å². The average Bonchev–Trinajstić information content (AvgIpc) is 2.49. The third kappa shape index (κ3) is 4.66. The summed E-state index contributed by atoms with van der Waals surface area (Å²) in [5.74, 6) is 0.419. The van der Waals surface area contributed by atoms with Crippen molar-refractivity contribution in [3.05, 3.63) is 23.8 Å². The Balaban J connectivity index is 2.38. The van der Waals surface area contributed by atoms with Gasteiger partial charge in [0, 0.05) is 6.54 Å². The number of nitrogens with one attached hydrogen (secondary N) is 1. The van der Waals surface area contributed by atoms with Gasteiger partial charge in [0.2, 0.25) is 10.0 Å². The molecule has 0 aromatic heterocycles. The highest BCUT2D eigenvalue weighted by atomic mass is 32.2. The largest absolute Gasteiger partial charge is 0.476 e. The number of nitrogens with zero attached hydrogens (tertiary/aromatic N) is 1. The number of anilines is 1. The predicted molar refractivity (Wildman–Crippen MR) is 99.6 cm³/mol. The van der Waals surface area contributed by atoms with Gasteiger partial charge in [-0.2, -0.15) is 0 Å². The highest BCUT2D eigenvalue weighted by molar-refractivity contribution is 7.92. The van der Waals surface area contributed by atoms with Gasteiger partial charge in [0.25, 0.3) is 5.91 Å². The molecule has 1 unspecified atom stereocenters. The molecule has 7 heteroatoms. The third-order valence-corrected chi connectivity index (χ3v) is 5.22. The molecule has 1 amide bonds. The van der Waals surface area contributed by atoms with Crippen molar-refractivity contribution < 1.29 is 17.9 Å². The van der Waals surface area contributed by atoms with Crippen LogP contribution in [0.15, 0.2) is 18.2 Å². The number of ether oxygens (including phenoxy) is 1. The molecule has 0 bridgehead atoms. The van der Waals surface area contributed by atoms with Gasteiger partial charge >= 0.3 is 0 Å². The number of hydrogen-bond donors (Lipinski definition) is 1. The lowest BCUT2D eigenvalue weighted by atomic mass is 9.86. The first-order valence-electron chi connectivity index (χ1n) is 8.46. The Morgan fingerprint density at radius 3 is 2.52 bits per heavy atom. The summed E-state index contributed by atoms with van der Waals surface area (Å²) in [7, 11) is -3.53. The van der Waals surface area contributed by atoms with Crippen LogP contribution in [0.3, 0.4) is 0 Å². The SMILES string of the molecule is CC(C)CNC(=O)C1CN(S(C)(=O)=O)c2cc(C(C)(C)C)ccc2O1. The van der Waals surface area contributed by atoms with Gasteiger partial charge in [-0.1, -0.05) is 40.7 Å². The molecule has 1 atom stereocenters. The molecule has 0 aliphatic carbocycles. The minimum Gasteiger partial charge on any atom is -0.476 e. The molecule has 1 heterocycles. The summed E-state index contributed by atoms with van der Waals surface area (Å²) in [5.41, 5.74) is 1.37. The van der Waals surface area contributed by atoms with Gasteiger partial charge in [0.1, 0.15) is 5.75 Å². The Labute approximate surface area is 150 Å². The van der Waals surface area contributed by atoms with E-state index in [4.69, 9.17) is 4.74 Å². The van der Waals surface area contributed by atoms with Gasteiger partial charge in [-0.25, -0.2) is 8.42 Å². The zero-order valence-electron chi connectivity index (χ0n) is 15.8. The Kier molecular flexibility index (Phi) is 5.37. The monoisotopic (exact) mass is 368 g/mol. The molecule has 0 radical (unpaired) electrons. The van der Waals surface area contributed by atoms with Crippen LogP contribution < -0.4 is 14.4 Å². The molecule has 0 saturated heterocycles. The lowest BCUT2D eigenvalue weighted by molar-refractivity contribution is -0.127. The molecule has 140 valence electrons. The molecule has 6 nitrogen and oxygen atoms in total. The van der Waals surface area contributed by atoms with E-state index in [0.717, 1.165) is 11.8 Å². The summed E-state index contributed by atoms with van der Waals surface area (Å²) in [4.78, 5) is 12.4. The maximum atomic E-state index is 12.4. The van der Waals surface area contributed by atoms with E-state index in [1.165, 1.54) is 4.31 Å². The molecule has 1 aromatic rings. The first-order valence-corrected chi connectivity index (χ1v) is 10.3. The van der Waals surface area contributed by atoms with Crippen LogP contribution in [0, 0.1) is 5.92 Å². The molecule has 25 heavy (non-hydrogen) atoms. The van der Waals surface area contributed by atoms with Gasteiger partial charge in [0.15, 0.2) is 6.10 Å². The molecule has 1 aliphatic heterocycles. The van der Waals surface area contributed by atoms with Crippen LogP contribution in [-0.4, -0.2) is 39.8 Å². The number of benzene rings is 1. The molecular weight excluding hydrogens is 340 g/mol.